The van der Waals surface area contributed by atoms with Crippen molar-refractivity contribution in [2.75, 3.05) is 5.32 Å². The highest BCUT2D eigenvalue weighted by Gasteiger charge is 2.13. The number of aromatic nitrogens is 3. The molecule has 104 valence electrons. The van der Waals surface area contributed by atoms with Crippen molar-refractivity contribution in [2.45, 2.75) is 0 Å². The number of nitrogens with one attached hydrogen (secondary N) is 1. The largest absolute Gasteiger partial charge is 0.403 e. The molecule has 6 nitrogen and oxygen atoms in total. The van der Waals surface area contributed by atoms with Crippen LogP contribution in [0.1, 0.15) is 10.5 Å². The molecule has 21 heavy (non-hydrogen) atoms. The number of amides is 1. The lowest BCUT2D eigenvalue weighted by molar-refractivity contribution is 0.101. The van der Waals surface area contributed by atoms with Crippen molar-refractivity contribution in [1.29, 1.82) is 0 Å². The molecule has 3 aromatic rings. The zero-order valence-electron chi connectivity index (χ0n) is 10.7. The van der Waals surface area contributed by atoms with Gasteiger partial charge in [-0.25, -0.2) is 0 Å². The molecular formula is C14H9ClN4O2. The molecule has 0 saturated heterocycles. The average molecular weight is 301 g/mol. The van der Waals surface area contributed by atoms with Gasteiger partial charge in [-0.3, -0.25) is 15.1 Å². The minimum atomic E-state index is -0.472. The van der Waals surface area contributed by atoms with Crippen molar-refractivity contribution in [3.63, 3.8) is 0 Å². The van der Waals surface area contributed by atoms with Crippen LogP contribution in [0.4, 0.5) is 6.01 Å². The summed E-state index contributed by atoms with van der Waals surface area (Å²) in [7, 11) is 0. The van der Waals surface area contributed by atoms with Crippen molar-refractivity contribution in [3.05, 3.63) is 59.4 Å². The monoisotopic (exact) mass is 300 g/mol. The van der Waals surface area contributed by atoms with Crippen LogP contribution < -0.4 is 5.32 Å². The maximum Gasteiger partial charge on any atom is 0.322 e. The van der Waals surface area contributed by atoms with Gasteiger partial charge in [-0.1, -0.05) is 34.9 Å². The van der Waals surface area contributed by atoms with E-state index in [2.05, 4.69) is 20.5 Å². The van der Waals surface area contributed by atoms with E-state index >= 15 is 0 Å². The summed E-state index contributed by atoms with van der Waals surface area (Å²) in [5.41, 5.74) is 0.938. The lowest BCUT2D eigenvalue weighted by atomic mass is 10.2. The molecule has 0 saturated carbocycles. The minimum absolute atomic E-state index is 0.000582. The lowest BCUT2D eigenvalue weighted by Crippen LogP contribution is -2.13. The molecular weight excluding hydrogens is 292 g/mol. The Bertz CT molecular complexity index is 773. The van der Waals surface area contributed by atoms with Gasteiger partial charge in [0.25, 0.3) is 5.91 Å². The molecule has 0 atom stereocenters. The Morgan fingerprint density at radius 3 is 2.71 bits per heavy atom. The first-order valence-electron chi connectivity index (χ1n) is 6.04. The highest BCUT2D eigenvalue weighted by molar-refractivity contribution is 6.30. The van der Waals surface area contributed by atoms with Gasteiger partial charge in [0.1, 0.15) is 5.69 Å². The van der Waals surface area contributed by atoms with E-state index in [1.807, 2.05) is 30.3 Å². The van der Waals surface area contributed by atoms with E-state index < -0.39 is 5.91 Å². The molecule has 2 heterocycles. The molecule has 2 aromatic heterocycles. The van der Waals surface area contributed by atoms with E-state index in [-0.39, 0.29) is 11.7 Å². The third kappa shape index (κ3) is 3.06. The van der Waals surface area contributed by atoms with Crippen molar-refractivity contribution in [1.82, 2.24) is 15.2 Å². The maximum atomic E-state index is 12.0. The van der Waals surface area contributed by atoms with Crippen LogP contribution in [0.5, 0.6) is 0 Å². The van der Waals surface area contributed by atoms with E-state index in [0.717, 1.165) is 5.56 Å². The molecule has 0 bridgehead atoms. The molecule has 0 unspecified atom stereocenters. The van der Waals surface area contributed by atoms with E-state index in [1.54, 1.807) is 6.07 Å². The highest BCUT2D eigenvalue weighted by Crippen LogP contribution is 2.19. The molecule has 1 aromatic carbocycles. The van der Waals surface area contributed by atoms with Crippen LogP contribution in [0.25, 0.3) is 11.5 Å². The van der Waals surface area contributed by atoms with Gasteiger partial charge in [0.15, 0.2) is 0 Å². The van der Waals surface area contributed by atoms with Crippen LogP contribution in [-0.4, -0.2) is 21.1 Å². The van der Waals surface area contributed by atoms with Crippen LogP contribution >= 0.6 is 11.6 Å². The number of nitrogens with zero attached hydrogens (tertiary/aromatic N) is 3. The standard InChI is InChI=1S/C14H9ClN4O2/c15-10-6-7-16-11(8-10)12(20)17-14-19-18-13(21-14)9-4-2-1-3-5-9/h1-8H,(H,17,19,20). The second kappa shape index (κ2) is 5.72. The molecule has 0 aliphatic carbocycles. The Morgan fingerprint density at radius 1 is 1.14 bits per heavy atom. The number of hydrogen-bond acceptors (Lipinski definition) is 5. The Kier molecular flexibility index (Phi) is 3.61. The average Bonchev–Trinajstić information content (AvgIpc) is 2.97. The maximum absolute atomic E-state index is 12.0. The van der Waals surface area contributed by atoms with Crippen LogP contribution in [0.15, 0.2) is 53.1 Å². The fourth-order valence-electron chi connectivity index (χ4n) is 1.66. The summed E-state index contributed by atoms with van der Waals surface area (Å²) >= 11 is 5.80. The first-order valence-corrected chi connectivity index (χ1v) is 6.42. The molecule has 0 aliphatic rings. The summed E-state index contributed by atoms with van der Waals surface area (Å²) in [6.45, 7) is 0. The van der Waals surface area contributed by atoms with Crippen molar-refractivity contribution in [2.24, 2.45) is 0 Å². The third-order valence-corrected chi connectivity index (χ3v) is 2.86. The summed E-state index contributed by atoms with van der Waals surface area (Å²) in [5.74, 6) is -0.147. The van der Waals surface area contributed by atoms with Gasteiger partial charge in [0.2, 0.25) is 5.89 Å². The van der Waals surface area contributed by atoms with Crippen molar-refractivity contribution in [3.8, 4) is 11.5 Å². The fourth-order valence-corrected chi connectivity index (χ4v) is 1.82. The number of carbonyl (C=O) groups is 1. The van der Waals surface area contributed by atoms with E-state index in [0.29, 0.717) is 10.9 Å². The first kappa shape index (κ1) is 13.3. The SMILES string of the molecule is O=C(Nc1nnc(-c2ccccc2)o1)c1cc(Cl)ccn1. The number of pyridine rings is 1. The second-order valence-corrected chi connectivity index (χ2v) is 4.53. The summed E-state index contributed by atoms with van der Waals surface area (Å²) in [5, 5.41) is 10.5. The van der Waals surface area contributed by atoms with E-state index in [9.17, 15) is 4.79 Å². The van der Waals surface area contributed by atoms with Crippen molar-refractivity contribution >= 4 is 23.5 Å². The Balaban J connectivity index is 1.77. The minimum Gasteiger partial charge on any atom is -0.403 e. The van der Waals surface area contributed by atoms with Gasteiger partial charge in [-0.2, -0.15) is 0 Å². The summed E-state index contributed by atoms with van der Waals surface area (Å²) in [4.78, 5) is 15.9. The Labute approximate surface area is 124 Å². The molecule has 3 rings (SSSR count). The topological polar surface area (TPSA) is 80.9 Å². The molecule has 0 aliphatic heterocycles. The Hall–Kier alpha value is -2.73. The van der Waals surface area contributed by atoms with Gasteiger partial charge in [0, 0.05) is 16.8 Å². The second-order valence-electron chi connectivity index (χ2n) is 4.09. The van der Waals surface area contributed by atoms with E-state index in [1.165, 1.54) is 12.3 Å². The highest BCUT2D eigenvalue weighted by atomic mass is 35.5. The lowest BCUT2D eigenvalue weighted by Gasteiger charge is -1.99. The van der Waals surface area contributed by atoms with Gasteiger partial charge >= 0.3 is 6.01 Å². The fraction of sp³-hybridized carbons (Fsp3) is 0. The van der Waals surface area contributed by atoms with Crippen LogP contribution in [0.3, 0.4) is 0 Å². The molecule has 1 N–H and O–H groups in total. The van der Waals surface area contributed by atoms with Crippen molar-refractivity contribution < 1.29 is 9.21 Å². The zero-order valence-corrected chi connectivity index (χ0v) is 11.4. The van der Waals surface area contributed by atoms with Crippen LogP contribution in [-0.2, 0) is 0 Å². The first-order chi connectivity index (χ1) is 10.2. The number of rotatable bonds is 3. The molecule has 7 heteroatoms. The predicted octanol–water partition coefficient (Wildman–Crippen LogP) is 3.04. The summed E-state index contributed by atoms with van der Waals surface area (Å²) < 4.78 is 5.38. The molecule has 0 spiro atoms. The molecule has 0 radical (unpaired) electrons. The normalized spacial score (nSPS) is 10.3. The van der Waals surface area contributed by atoms with Crippen LogP contribution in [0.2, 0.25) is 5.02 Å². The summed E-state index contributed by atoms with van der Waals surface area (Å²) in [6.07, 6.45) is 1.44. The Morgan fingerprint density at radius 2 is 1.95 bits per heavy atom. The number of hydrogen-bond donors (Lipinski definition) is 1. The van der Waals surface area contributed by atoms with E-state index in [4.69, 9.17) is 16.0 Å². The third-order valence-electron chi connectivity index (χ3n) is 2.62. The summed E-state index contributed by atoms with van der Waals surface area (Å²) in [6, 6.07) is 12.3. The quantitative estimate of drug-likeness (QED) is 0.804. The molecule has 0 fully saturated rings. The number of anilines is 1. The van der Waals surface area contributed by atoms with Gasteiger partial charge in [-0.05, 0) is 24.3 Å². The zero-order chi connectivity index (χ0) is 14.7. The van der Waals surface area contributed by atoms with Crippen LogP contribution in [0, 0.1) is 0 Å². The van der Waals surface area contributed by atoms with Gasteiger partial charge in [0.05, 0.1) is 0 Å². The number of benzene rings is 1. The number of carbonyl (C=O) groups excluding carboxylic acids is 1. The molecule has 1 amide bonds. The van der Waals surface area contributed by atoms with Gasteiger partial charge in [-0.15, -0.1) is 5.10 Å². The predicted molar refractivity (Wildman–Crippen MR) is 76.9 cm³/mol. The smallest absolute Gasteiger partial charge is 0.322 e. The number of halogens is 1. The van der Waals surface area contributed by atoms with Gasteiger partial charge < -0.3 is 4.42 Å².